The van der Waals surface area contributed by atoms with E-state index in [1.807, 2.05) is 18.2 Å². The molecule has 3 N–H and O–H groups in total. The lowest BCUT2D eigenvalue weighted by Crippen LogP contribution is -2.54. The molecule has 2 rings (SSSR count). The van der Waals surface area contributed by atoms with E-state index < -0.39 is 5.60 Å². The summed E-state index contributed by atoms with van der Waals surface area (Å²) in [6, 6.07) is 5.75. The van der Waals surface area contributed by atoms with Gasteiger partial charge in [0.2, 0.25) is 0 Å². The molecule has 0 aliphatic carbocycles. The van der Waals surface area contributed by atoms with Crippen LogP contribution >= 0.6 is 24.8 Å². The summed E-state index contributed by atoms with van der Waals surface area (Å²) in [6.07, 6.45) is 4.05. The number of hydrogen-bond donors (Lipinski definition) is 3. The van der Waals surface area contributed by atoms with Crippen molar-refractivity contribution >= 4 is 36.5 Å². The van der Waals surface area contributed by atoms with Gasteiger partial charge in [-0.3, -0.25) is 4.79 Å². The van der Waals surface area contributed by atoms with Gasteiger partial charge in [-0.05, 0) is 44.5 Å². The van der Waals surface area contributed by atoms with Crippen LogP contribution in [-0.2, 0) is 9.53 Å². The Morgan fingerprint density at radius 2 is 2.04 bits per heavy atom. The number of methoxy groups -OCH3 is 1. The number of pyridine rings is 1. The van der Waals surface area contributed by atoms with Crippen LogP contribution in [-0.4, -0.2) is 49.8 Å². The van der Waals surface area contributed by atoms with Crippen molar-refractivity contribution in [3.05, 3.63) is 24.4 Å². The number of rotatable bonds is 7. The number of nitrogens with zero attached hydrogens (tertiary/aromatic N) is 1. The molecule has 0 radical (unpaired) electrons. The lowest BCUT2D eigenvalue weighted by molar-refractivity contribution is -0.146. The number of amides is 1. The standard InChI is InChI=1S/C15H24N4O2.2ClH/c1-21-15(6-11-16-12-7-15)14(20)19-10-4-9-18-13-5-2-3-8-17-13;;/h2-3,5,8,16H,4,6-7,9-12H2,1H3,(H,17,18)(H,19,20);2*1H. The van der Waals surface area contributed by atoms with Crippen LogP contribution in [0.15, 0.2) is 24.4 Å². The van der Waals surface area contributed by atoms with E-state index in [9.17, 15) is 4.79 Å². The number of piperidine rings is 1. The number of anilines is 1. The van der Waals surface area contributed by atoms with Crippen molar-refractivity contribution in [2.75, 3.05) is 38.6 Å². The Hall–Kier alpha value is -1.08. The molecule has 1 aliphatic rings. The quantitative estimate of drug-likeness (QED) is 0.641. The van der Waals surface area contributed by atoms with E-state index in [4.69, 9.17) is 4.74 Å². The maximum atomic E-state index is 12.3. The third kappa shape index (κ3) is 6.51. The Kier molecular flexibility index (Phi) is 10.9. The van der Waals surface area contributed by atoms with Gasteiger partial charge < -0.3 is 20.7 Å². The molecule has 1 aromatic heterocycles. The number of carbonyl (C=O) groups excluding carboxylic acids is 1. The van der Waals surface area contributed by atoms with Crippen molar-refractivity contribution in [3.63, 3.8) is 0 Å². The number of ether oxygens (including phenoxy) is 1. The molecule has 0 spiro atoms. The van der Waals surface area contributed by atoms with Crippen molar-refractivity contribution in [2.24, 2.45) is 0 Å². The van der Waals surface area contributed by atoms with Crippen LogP contribution in [0.5, 0.6) is 0 Å². The Morgan fingerprint density at radius 1 is 1.30 bits per heavy atom. The van der Waals surface area contributed by atoms with E-state index in [1.54, 1.807) is 13.3 Å². The van der Waals surface area contributed by atoms with Crippen LogP contribution in [0.25, 0.3) is 0 Å². The average Bonchev–Trinajstić information content (AvgIpc) is 2.56. The first-order valence-corrected chi connectivity index (χ1v) is 7.46. The molecular formula is C15H26Cl2N4O2. The van der Waals surface area contributed by atoms with Gasteiger partial charge in [-0.25, -0.2) is 4.98 Å². The first-order valence-electron chi connectivity index (χ1n) is 7.46. The van der Waals surface area contributed by atoms with E-state index in [0.717, 1.165) is 44.7 Å². The zero-order valence-electron chi connectivity index (χ0n) is 13.3. The van der Waals surface area contributed by atoms with Gasteiger partial charge in [0.15, 0.2) is 0 Å². The molecule has 8 heteroatoms. The highest BCUT2D eigenvalue weighted by Crippen LogP contribution is 2.22. The average molecular weight is 365 g/mol. The maximum absolute atomic E-state index is 12.3. The van der Waals surface area contributed by atoms with Crippen molar-refractivity contribution in [3.8, 4) is 0 Å². The fraction of sp³-hybridized carbons (Fsp3) is 0.600. The monoisotopic (exact) mass is 364 g/mol. The molecule has 1 aromatic rings. The summed E-state index contributed by atoms with van der Waals surface area (Å²) in [5.74, 6) is 0.861. The fourth-order valence-electron chi connectivity index (χ4n) is 2.49. The zero-order chi connectivity index (χ0) is 15.0. The van der Waals surface area contributed by atoms with Crippen LogP contribution in [0.2, 0.25) is 0 Å². The highest BCUT2D eigenvalue weighted by atomic mass is 35.5. The van der Waals surface area contributed by atoms with Crippen LogP contribution in [0.1, 0.15) is 19.3 Å². The number of aromatic nitrogens is 1. The van der Waals surface area contributed by atoms with Crippen molar-refractivity contribution in [1.29, 1.82) is 0 Å². The van der Waals surface area contributed by atoms with Gasteiger partial charge >= 0.3 is 0 Å². The summed E-state index contributed by atoms with van der Waals surface area (Å²) in [7, 11) is 1.62. The SMILES string of the molecule is COC1(C(=O)NCCCNc2ccccn2)CCNCC1.Cl.Cl. The minimum absolute atomic E-state index is 0. The zero-order valence-corrected chi connectivity index (χ0v) is 15.0. The molecule has 1 fully saturated rings. The van der Waals surface area contributed by atoms with Crippen LogP contribution in [0, 0.1) is 0 Å². The largest absolute Gasteiger partial charge is 0.370 e. The van der Waals surface area contributed by atoms with Gasteiger partial charge in [0.25, 0.3) is 5.91 Å². The molecule has 6 nitrogen and oxygen atoms in total. The molecule has 1 aliphatic heterocycles. The predicted molar refractivity (Wildman–Crippen MR) is 96.7 cm³/mol. The van der Waals surface area contributed by atoms with E-state index in [2.05, 4.69) is 20.9 Å². The Labute approximate surface area is 150 Å². The maximum Gasteiger partial charge on any atom is 0.252 e. The molecule has 0 saturated carbocycles. The topological polar surface area (TPSA) is 75.3 Å². The van der Waals surface area contributed by atoms with Crippen LogP contribution in [0.3, 0.4) is 0 Å². The highest BCUT2D eigenvalue weighted by molar-refractivity contribution is 5.86. The van der Waals surface area contributed by atoms with Crippen LogP contribution in [0.4, 0.5) is 5.82 Å². The van der Waals surface area contributed by atoms with Crippen LogP contribution < -0.4 is 16.0 Å². The van der Waals surface area contributed by atoms with Crippen molar-refractivity contribution in [1.82, 2.24) is 15.6 Å². The van der Waals surface area contributed by atoms with Crippen molar-refractivity contribution < 1.29 is 9.53 Å². The van der Waals surface area contributed by atoms with Gasteiger partial charge in [0.05, 0.1) is 0 Å². The fourth-order valence-corrected chi connectivity index (χ4v) is 2.49. The Balaban J connectivity index is 0.00000242. The van der Waals surface area contributed by atoms with Gasteiger partial charge in [-0.15, -0.1) is 24.8 Å². The van der Waals surface area contributed by atoms with Gasteiger partial charge in [0.1, 0.15) is 11.4 Å². The molecule has 0 aromatic carbocycles. The summed E-state index contributed by atoms with van der Waals surface area (Å²) in [6.45, 7) is 3.06. The normalized spacial score (nSPS) is 15.7. The van der Waals surface area contributed by atoms with Crippen molar-refractivity contribution in [2.45, 2.75) is 24.9 Å². The van der Waals surface area contributed by atoms with E-state index in [1.165, 1.54) is 0 Å². The summed E-state index contributed by atoms with van der Waals surface area (Å²) in [4.78, 5) is 16.5. The Bertz CT molecular complexity index is 442. The molecule has 0 unspecified atom stereocenters. The minimum Gasteiger partial charge on any atom is -0.370 e. The van der Waals surface area contributed by atoms with E-state index >= 15 is 0 Å². The van der Waals surface area contributed by atoms with E-state index in [-0.39, 0.29) is 30.7 Å². The lowest BCUT2D eigenvalue weighted by atomic mass is 9.91. The third-order valence-corrected chi connectivity index (χ3v) is 3.83. The second-order valence-corrected chi connectivity index (χ2v) is 5.20. The second-order valence-electron chi connectivity index (χ2n) is 5.20. The number of halogens is 2. The number of nitrogens with one attached hydrogen (secondary N) is 3. The molecule has 132 valence electrons. The highest BCUT2D eigenvalue weighted by Gasteiger charge is 2.39. The second kappa shape index (κ2) is 11.5. The summed E-state index contributed by atoms with van der Waals surface area (Å²) in [5, 5.41) is 9.44. The molecule has 23 heavy (non-hydrogen) atoms. The molecular weight excluding hydrogens is 339 g/mol. The molecule has 1 amide bonds. The molecule has 2 heterocycles. The first kappa shape index (κ1) is 21.9. The smallest absolute Gasteiger partial charge is 0.252 e. The summed E-state index contributed by atoms with van der Waals surface area (Å²) in [5.41, 5.74) is -0.653. The first-order chi connectivity index (χ1) is 10.3. The minimum atomic E-state index is -0.653. The predicted octanol–water partition coefficient (Wildman–Crippen LogP) is 1.61. The lowest BCUT2D eigenvalue weighted by Gasteiger charge is -2.34. The molecule has 0 atom stereocenters. The van der Waals surface area contributed by atoms with Gasteiger partial charge in [0, 0.05) is 26.4 Å². The third-order valence-electron chi connectivity index (χ3n) is 3.83. The Morgan fingerprint density at radius 3 is 2.65 bits per heavy atom. The number of carbonyl (C=O) groups is 1. The molecule has 0 bridgehead atoms. The van der Waals surface area contributed by atoms with E-state index in [0.29, 0.717) is 6.54 Å². The summed E-state index contributed by atoms with van der Waals surface area (Å²) >= 11 is 0. The van der Waals surface area contributed by atoms with Gasteiger partial charge in [-0.1, -0.05) is 6.07 Å². The number of hydrogen-bond acceptors (Lipinski definition) is 5. The summed E-state index contributed by atoms with van der Waals surface area (Å²) < 4.78 is 5.49. The molecule has 1 saturated heterocycles. The van der Waals surface area contributed by atoms with Gasteiger partial charge in [-0.2, -0.15) is 0 Å².